The average molecular weight is 195 g/mol. The maximum absolute atomic E-state index is 10.7. The second-order valence-corrected chi connectivity index (χ2v) is 2.65. The van der Waals surface area contributed by atoms with Crippen molar-refractivity contribution in [3.8, 4) is 0 Å². The third kappa shape index (κ3) is 5.99. The Morgan fingerprint density at radius 2 is 2.14 bits per heavy atom. The van der Waals surface area contributed by atoms with Crippen LogP contribution < -0.4 is 10.6 Å². The van der Waals surface area contributed by atoms with Crippen LogP contribution in [0.25, 0.3) is 0 Å². The van der Waals surface area contributed by atoms with E-state index >= 15 is 0 Å². The molecule has 4 heteroatoms. The lowest BCUT2D eigenvalue weighted by Gasteiger charge is -2.01. The number of carbonyl (C=O) groups excluding carboxylic acids is 1. The molecule has 0 saturated heterocycles. The van der Waals surface area contributed by atoms with Crippen molar-refractivity contribution in [2.45, 2.75) is 20.3 Å². The number of carbonyl (C=O) groups is 1. The predicted molar refractivity (Wildman–Crippen MR) is 58.3 cm³/mol. The molecule has 0 aliphatic rings. The SMILES string of the molecule is CCC.CNC(=O)Nc1cccnc1. The molecule has 4 nitrogen and oxygen atoms in total. The van der Waals surface area contributed by atoms with Crippen molar-refractivity contribution in [2.75, 3.05) is 12.4 Å². The molecule has 0 spiro atoms. The Kier molecular flexibility index (Phi) is 7.13. The quantitative estimate of drug-likeness (QED) is 0.722. The van der Waals surface area contributed by atoms with Crippen LogP contribution in [0.3, 0.4) is 0 Å². The van der Waals surface area contributed by atoms with Crippen LogP contribution in [0, 0.1) is 0 Å². The Hall–Kier alpha value is -1.58. The van der Waals surface area contributed by atoms with Gasteiger partial charge in [-0.2, -0.15) is 0 Å². The Labute approximate surface area is 84.7 Å². The monoisotopic (exact) mass is 195 g/mol. The van der Waals surface area contributed by atoms with Crippen LogP contribution in [0.2, 0.25) is 0 Å². The zero-order valence-electron chi connectivity index (χ0n) is 8.87. The Bertz CT molecular complexity index is 249. The molecule has 0 unspecified atom stereocenters. The number of nitrogens with one attached hydrogen (secondary N) is 2. The highest BCUT2D eigenvalue weighted by atomic mass is 16.2. The summed E-state index contributed by atoms with van der Waals surface area (Å²) in [6.45, 7) is 4.25. The van der Waals surface area contributed by atoms with Crippen molar-refractivity contribution in [2.24, 2.45) is 0 Å². The molecule has 1 rings (SSSR count). The summed E-state index contributed by atoms with van der Waals surface area (Å²) in [5.41, 5.74) is 0.687. The fraction of sp³-hybridized carbons (Fsp3) is 0.400. The number of hydrogen-bond donors (Lipinski definition) is 2. The molecule has 0 radical (unpaired) electrons. The molecule has 2 amide bonds. The summed E-state index contributed by atoms with van der Waals surface area (Å²) < 4.78 is 0. The first kappa shape index (κ1) is 12.4. The van der Waals surface area contributed by atoms with E-state index in [9.17, 15) is 4.79 Å². The summed E-state index contributed by atoms with van der Waals surface area (Å²) in [4.78, 5) is 14.6. The molecule has 0 aliphatic heterocycles. The van der Waals surface area contributed by atoms with E-state index in [0.29, 0.717) is 5.69 Å². The fourth-order valence-corrected chi connectivity index (χ4v) is 0.630. The van der Waals surface area contributed by atoms with Gasteiger partial charge in [0.25, 0.3) is 0 Å². The Balaban J connectivity index is 0.000000500. The van der Waals surface area contributed by atoms with Gasteiger partial charge < -0.3 is 10.6 Å². The number of nitrogens with zero attached hydrogens (tertiary/aromatic N) is 1. The number of aromatic nitrogens is 1. The standard InChI is InChI=1S/C7H9N3O.C3H8/c1-8-7(11)10-6-3-2-4-9-5-6;1-3-2/h2-5H,1H3,(H2,8,10,11);3H2,1-2H3. The van der Waals surface area contributed by atoms with Gasteiger partial charge in [-0.15, -0.1) is 0 Å². The molecule has 0 saturated carbocycles. The summed E-state index contributed by atoms with van der Waals surface area (Å²) in [5.74, 6) is 0. The Morgan fingerprint density at radius 1 is 1.50 bits per heavy atom. The van der Waals surface area contributed by atoms with Gasteiger partial charge in [0, 0.05) is 13.2 Å². The third-order valence-electron chi connectivity index (χ3n) is 1.15. The molecule has 0 fully saturated rings. The molecule has 1 aromatic rings. The number of hydrogen-bond acceptors (Lipinski definition) is 2. The molecule has 0 atom stereocenters. The summed E-state index contributed by atoms with van der Waals surface area (Å²) in [7, 11) is 1.56. The highest BCUT2D eigenvalue weighted by Gasteiger charge is 1.95. The van der Waals surface area contributed by atoms with E-state index < -0.39 is 0 Å². The number of anilines is 1. The van der Waals surface area contributed by atoms with Crippen molar-refractivity contribution in [1.82, 2.24) is 10.3 Å². The van der Waals surface area contributed by atoms with Crippen LogP contribution in [0.1, 0.15) is 20.3 Å². The molecule has 78 valence electrons. The van der Waals surface area contributed by atoms with Gasteiger partial charge in [-0.25, -0.2) is 4.79 Å². The lowest BCUT2D eigenvalue weighted by molar-refractivity contribution is 0.254. The number of pyridine rings is 1. The molecule has 14 heavy (non-hydrogen) atoms. The summed E-state index contributed by atoms with van der Waals surface area (Å²) in [6, 6.07) is 3.28. The van der Waals surface area contributed by atoms with Crippen LogP contribution >= 0.6 is 0 Å². The normalized spacial score (nSPS) is 8.21. The van der Waals surface area contributed by atoms with E-state index in [1.807, 2.05) is 0 Å². The maximum atomic E-state index is 10.7. The molecular formula is C10H17N3O. The van der Waals surface area contributed by atoms with E-state index in [1.165, 1.54) is 6.42 Å². The molecule has 1 heterocycles. The average Bonchev–Trinajstić information content (AvgIpc) is 2.20. The van der Waals surface area contributed by atoms with E-state index in [1.54, 1.807) is 31.6 Å². The second-order valence-electron chi connectivity index (χ2n) is 2.65. The highest BCUT2D eigenvalue weighted by Crippen LogP contribution is 2.00. The molecule has 0 bridgehead atoms. The summed E-state index contributed by atoms with van der Waals surface area (Å²) >= 11 is 0. The first-order valence-corrected chi connectivity index (χ1v) is 4.63. The van der Waals surface area contributed by atoms with E-state index in [-0.39, 0.29) is 6.03 Å². The topological polar surface area (TPSA) is 54.0 Å². The maximum Gasteiger partial charge on any atom is 0.319 e. The third-order valence-corrected chi connectivity index (χ3v) is 1.15. The zero-order chi connectivity index (χ0) is 10.8. The van der Waals surface area contributed by atoms with Crippen LogP contribution in [0.5, 0.6) is 0 Å². The van der Waals surface area contributed by atoms with Crippen molar-refractivity contribution in [3.63, 3.8) is 0 Å². The van der Waals surface area contributed by atoms with E-state index in [4.69, 9.17) is 0 Å². The fourth-order valence-electron chi connectivity index (χ4n) is 0.630. The van der Waals surface area contributed by atoms with Gasteiger partial charge in [0.05, 0.1) is 11.9 Å². The minimum absolute atomic E-state index is 0.238. The van der Waals surface area contributed by atoms with Crippen molar-refractivity contribution in [1.29, 1.82) is 0 Å². The minimum Gasteiger partial charge on any atom is -0.341 e. The van der Waals surface area contributed by atoms with Gasteiger partial charge in [0.15, 0.2) is 0 Å². The molecule has 1 aromatic heterocycles. The number of amides is 2. The molecule has 0 aromatic carbocycles. The second kappa shape index (κ2) is 8.04. The highest BCUT2D eigenvalue weighted by molar-refractivity contribution is 5.88. The van der Waals surface area contributed by atoms with Gasteiger partial charge in [-0.1, -0.05) is 20.3 Å². The molecular weight excluding hydrogens is 178 g/mol. The number of rotatable bonds is 1. The van der Waals surface area contributed by atoms with Crippen LogP contribution in [-0.4, -0.2) is 18.1 Å². The smallest absolute Gasteiger partial charge is 0.319 e. The van der Waals surface area contributed by atoms with Gasteiger partial charge in [-0.05, 0) is 12.1 Å². The Morgan fingerprint density at radius 3 is 2.57 bits per heavy atom. The molecule has 2 N–H and O–H groups in total. The summed E-state index contributed by atoms with van der Waals surface area (Å²) in [5, 5.41) is 5.01. The van der Waals surface area contributed by atoms with E-state index in [2.05, 4.69) is 29.5 Å². The number of urea groups is 1. The van der Waals surface area contributed by atoms with Crippen molar-refractivity contribution >= 4 is 11.7 Å². The largest absolute Gasteiger partial charge is 0.341 e. The lowest BCUT2D eigenvalue weighted by atomic mass is 10.4. The van der Waals surface area contributed by atoms with Crippen LogP contribution in [0.15, 0.2) is 24.5 Å². The van der Waals surface area contributed by atoms with Gasteiger partial charge >= 0.3 is 6.03 Å². The lowest BCUT2D eigenvalue weighted by Crippen LogP contribution is -2.24. The van der Waals surface area contributed by atoms with Crippen LogP contribution in [-0.2, 0) is 0 Å². The van der Waals surface area contributed by atoms with Gasteiger partial charge in [0.1, 0.15) is 0 Å². The van der Waals surface area contributed by atoms with Gasteiger partial charge in [-0.3, -0.25) is 4.98 Å². The zero-order valence-corrected chi connectivity index (χ0v) is 8.87. The van der Waals surface area contributed by atoms with E-state index in [0.717, 1.165) is 0 Å². The summed E-state index contributed by atoms with van der Waals surface area (Å²) in [6.07, 6.45) is 4.48. The predicted octanol–water partition coefficient (Wildman–Crippen LogP) is 2.25. The van der Waals surface area contributed by atoms with Crippen molar-refractivity contribution < 1.29 is 4.79 Å². The molecule has 0 aliphatic carbocycles. The van der Waals surface area contributed by atoms with Crippen LogP contribution in [0.4, 0.5) is 10.5 Å². The van der Waals surface area contributed by atoms with Gasteiger partial charge in [0.2, 0.25) is 0 Å². The minimum atomic E-state index is -0.238. The first-order valence-electron chi connectivity index (χ1n) is 4.63. The van der Waals surface area contributed by atoms with Crippen molar-refractivity contribution in [3.05, 3.63) is 24.5 Å². The first-order chi connectivity index (χ1) is 6.74.